The largest absolute Gasteiger partial charge is 0.337 e. The van der Waals surface area contributed by atoms with E-state index in [1.54, 1.807) is 0 Å². The van der Waals surface area contributed by atoms with Crippen molar-refractivity contribution < 1.29 is 9.78 Å². The van der Waals surface area contributed by atoms with Crippen molar-refractivity contribution in [3.05, 3.63) is 65.2 Å². The molecule has 0 aliphatic carbocycles. The molecule has 2 aromatic carbocycles. The van der Waals surface area contributed by atoms with Gasteiger partial charge in [-0.1, -0.05) is 42.5 Å². The highest BCUT2D eigenvalue weighted by molar-refractivity contribution is 5.31. The van der Waals surface area contributed by atoms with Gasteiger partial charge in [-0.2, -0.15) is 4.89 Å². The first kappa shape index (κ1) is 11.7. The maximum Gasteiger partial charge on any atom is 0.168 e. The summed E-state index contributed by atoms with van der Waals surface area (Å²) in [6.45, 7) is 4.51. The molecule has 2 rings (SSSR count). The Kier molecular flexibility index (Phi) is 3.78. The van der Waals surface area contributed by atoms with Crippen molar-refractivity contribution in [2.75, 3.05) is 0 Å². The Bertz CT molecular complexity index is 446. The van der Waals surface area contributed by atoms with E-state index in [0.717, 1.165) is 16.9 Å². The van der Waals surface area contributed by atoms with Gasteiger partial charge in [-0.05, 0) is 36.6 Å². The molecule has 2 aromatic rings. The molecule has 0 saturated heterocycles. The van der Waals surface area contributed by atoms with Crippen LogP contribution in [0.3, 0.4) is 0 Å². The fourth-order valence-corrected chi connectivity index (χ4v) is 1.58. The van der Waals surface area contributed by atoms with Gasteiger partial charge in [0.1, 0.15) is 6.61 Å². The lowest BCUT2D eigenvalue weighted by Gasteiger charge is -2.08. The van der Waals surface area contributed by atoms with E-state index in [0.29, 0.717) is 6.61 Å². The van der Waals surface area contributed by atoms with E-state index < -0.39 is 0 Å². The smallest absolute Gasteiger partial charge is 0.168 e. The Morgan fingerprint density at radius 3 is 2.18 bits per heavy atom. The number of hydrogen-bond donors (Lipinski definition) is 0. The van der Waals surface area contributed by atoms with Gasteiger partial charge < -0.3 is 4.89 Å². The predicted octanol–water partition coefficient (Wildman–Crippen LogP) is 3.81. The molecule has 2 heteroatoms. The van der Waals surface area contributed by atoms with Gasteiger partial charge in [-0.3, -0.25) is 0 Å². The Morgan fingerprint density at radius 2 is 1.47 bits per heavy atom. The van der Waals surface area contributed by atoms with Crippen LogP contribution >= 0.6 is 0 Å². The molecule has 0 aromatic heterocycles. The third-order valence-corrected chi connectivity index (χ3v) is 2.72. The van der Waals surface area contributed by atoms with Crippen LogP contribution in [0.25, 0.3) is 0 Å². The molecule has 0 bridgehead atoms. The van der Waals surface area contributed by atoms with E-state index in [1.165, 1.54) is 5.56 Å². The number of para-hydroxylation sites is 1. The fourth-order valence-electron chi connectivity index (χ4n) is 1.58. The van der Waals surface area contributed by atoms with Crippen LogP contribution in [-0.4, -0.2) is 0 Å². The molecule has 2 nitrogen and oxygen atoms in total. The van der Waals surface area contributed by atoms with E-state index in [2.05, 4.69) is 13.0 Å². The minimum atomic E-state index is 0.459. The van der Waals surface area contributed by atoms with Gasteiger partial charge in [-0.15, -0.1) is 0 Å². The molecule has 88 valence electrons. The van der Waals surface area contributed by atoms with Crippen LogP contribution in [0.15, 0.2) is 48.5 Å². The van der Waals surface area contributed by atoms with Crippen LogP contribution in [-0.2, 0) is 11.5 Å². The molecule has 0 unspecified atom stereocenters. The molecule has 0 heterocycles. The zero-order valence-electron chi connectivity index (χ0n) is 10.1. The van der Waals surface area contributed by atoms with Gasteiger partial charge in [0.2, 0.25) is 0 Å². The Morgan fingerprint density at radius 1 is 0.824 bits per heavy atom. The van der Waals surface area contributed by atoms with Crippen LogP contribution in [0.1, 0.15) is 16.7 Å². The number of aryl methyl sites for hydroxylation is 2. The van der Waals surface area contributed by atoms with Crippen molar-refractivity contribution in [1.82, 2.24) is 0 Å². The number of hydrogen-bond acceptors (Lipinski definition) is 2. The summed E-state index contributed by atoms with van der Waals surface area (Å²) >= 11 is 0. The van der Waals surface area contributed by atoms with E-state index >= 15 is 0 Å². The Labute approximate surface area is 102 Å². The number of benzene rings is 2. The van der Waals surface area contributed by atoms with Gasteiger partial charge in [0, 0.05) is 0 Å². The molecule has 0 atom stereocenters. The lowest BCUT2D eigenvalue weighted by Crippen LogP contribution is -2.00. The van der Waals surface area contributed by atoms with Crippen molar-refractivity contribution in [2.24, 2.45) is 0 Å². The Hall–Kier alpha value is -1.80. The third-order valence-electron chi connectivity index (χ3n) is 2.72. The van der Waals surface area contributed by atoms with Crippen LogP contribution < -0.4 is 4.89 Å². The van der Waals surface area contributed by atoms with Crippen LogP contribution in [0.2, 0.25) is 0 Å². The number of rotatable bonds is 4. The lowest BCUT2D eigenvalue weighted by atomic mass is 10.1. The summed E-state index contributed by atoms with van der Waals surface area (Å²) in [5.74, 6) is 0.765. The first-order chi connectivity index (χ1) is 8.27. The van der Waals surface area contributed by atoms with Crippen molar-refractivity contribution in [3.63, 3.8) is 0 Å². The summed E-state index contributed by atoms with van der Waals surface area (Å²) in [4.78, 5) is 10.6. The topological polar surface area (TPSA) is 18.5 Å². The molecule has 0 aliphatic heterocycles. The molecule has 0 radical (unpaired) electrons. The van der Waals surface area contributed by atoms with Crippen LogP contribution in [0.4, 0.5) is 0 Å². The molecular weight excluding hydrogens is 212 g/mol. The zero-order chi connectivity index (χ0) is 12.1. The van der Waals surface area contributed by atoms with Crippen LogP contribution in [0, 0.1) is 13.8 Å². The van der Waals surface area contributed by atoms with Gasteiger partial charge >= 0.3 is 0 Å². The SMILES string of the molecule is Cc1ccccc1COOc1ccccc1C. The maximum atomic E-state index is 5.30. The predicted molar refractivity (Wildman–Crippen MR) is 67.8 cm³/mol. The summed E-state index contributed by atoms with van der Waals surface area (Å²) in [7, 11) is 0. The van der Waals surface area contributed by atoms with Gasteiger partial charge in [0.05, 0.1) is 0 Å². The molecule has 0 saturated carbocycles. The third kappa shape index (κ3) is 3.08. The van der Waals surface area contributed by atoms with E-state index in [1.807, 2.05) is 49.4 Å². The summed E-state index contributed by atoms with van der Waals surface area (Å²) in [6, 6.07) is 15.9. The monoisotopic (exact) mass is 228 g/mol. The minimum absolute atomic E-state index is 0.459. The summed E-state index contributed by atoms with van der Waals surface area (Å²) in [6.07, 6.45) is 0. The maximum absolute atomic E-state index is 5.30. The molecular formula is C15H16O2. The van der Waals surface area contributed by atoms with Gasteiger partial charge in [0.15, 0.2) is 5.75 Å². The standard InChI is InChI=1S/C15H16O2/c1-12-7-3-5-9-14(12)11-16-17-15-10-6-4-8-13(15)2/h3-10H,11H2,1-2H3. The van der Waals surface area contributed by atoms with E-state index in [-0.39, 0.29) is 0 Å². The molecule has 0 fully saturated rings. The Balaban J connectivity index is 1.93. The molecule has 0 spiro atoms. The second-order valence-electron chi connectivity index (χ2n) is 4.04. The van der Waals surface area contributed by atoms with Crippen molar-refractivity contribution >= 4 is 0 Å². The van der Waals surface area contributed by atoms with Crippen LogP contribution in [0.5, 0.6) is 5.75 Å². The highest BCUT2D eigenvalue weighted by Gasteiger charge is 2.01. The molecule has 0 N–H and O–H groups in total. The average molecular weight is 228 g/mol. The van der Waals surface area contributed by atoms with Crippen molar-refractivity contribution in [1.29, 1.82) is 0 Å². The molecule has 0 amide bonds. The van der Waals surface area contributed by atoms with Gasteiger partial charge in [0.25, 0.3) is 0 Å². The van der Waals surface area contributed by atoms with Gasteiger partial charge in [-0.25, -0.2) is 0 Å². The first-order valence-electron chi connectivity index (χ1n) is 5.67. The normalized spacial score (nSPS) is 10.2. The summed E-state index contributed by atoms with van der Waals surface area (Å²) in [5.41, 5.74) is 3.42. The summed E-state index contributed by atoms with van der Waals surface area (Å²) in [5, 5.41) is 0. The van der Waals surface area contributed by atoms with Crippen molar-refractivity contribution in [2.45, 2.75) is 20.5 Å². The highest BCUT2D eigenvalue weighted by atomic mass is 17.2. The van der Waals surface area contributed by atoms with E-state index in [9.17, 15) is 0 Å². The quantitative estimate of drug-likeness (QED) is 0.585. The first-order valence-corrected chi connectivity index (χ1v) is 5.67. The second-order valence-corrected chi connectivity index (χ2v) is 4.04. The molecule has 17 heavy (non-hydrogen) atoms. The second kappa shape index (κ2) is 5.51. The zero-order valence-corrected chi connectivity index (χ0v) is 10.1. The van der Waals surface area contributed by atoms with Crippen molar-refractivity contribution in [3.8, 4) is 5.75 Å². The lowest BCUT2D eigenvalue weighted by molar-refractivity contribution is -0.218. The van der Waals surface area contributed by atoms with E-state index in [4.69, 9.17) is 9.78 Å². The summed E-state index contributed by atoms with van der Waals surface area (Å²) < 4.78 is 0. The minimum Gasteiger partial charge on any atom is -0.337 e. The fraction of sp³-hybridized carbons (Fsp3) is 0.200. The average Bonchev–Trinajstić information content (AvgIpc) is 2.34. The molecule has 0 aliphatic rings. The highest BCUT2D eigenvalue weighted by Crippen LogP contribution is 2.17.